The molecule has 0 aliphatic heterocycles. The van der Waals surface area contributed by atoms with Gasteiger partial charge in [-0.3, -0.25) is 4.79 Å². The fourth-order valence-corrected chi connectivity index (χ4v) is 3.47. The van der Waals surface area contributed by atoms with Crippen molar-refractivity contribution in [1.29, 1.82) is 0 Å². The summed E-state index contributed by atoms with van der Waals surface area (Å²) in [5, 5.41) is 2.95. The van der Waals surface area contributed by atoms with Crippen LogP contribution in [0.15, 0.2) is 12.2 Å². The normalized spacial score (nSPS) is 25.8. The Bertz CT molecular complexity index is 368. The van der Waals surface area contributed by atoms with Crippen LogP contribution in [0.5, 0.6) is 0 Å². The van der Waals surface area contributed by atoms with Gasteiger partial charge < -0.3 is 5.32 Å². The third kappa shape index (κ3) is 5.16. The van der Waals surface area contributed by atoms with E-state index in [1.807, 2.05) is 0 Å². The third-order valence-corrected chi connectivity index (χ3v) is 5.99. The number of hydrogen-bond acceptors (Lipinski definition) is 1. The Hall–Kier alpha value is -0.790. The summed E-state index contributed by atoms with van der Waals surface area (Å²) in [5.41, 5.74) is 0.480. The molecule has 2 unspecified atom stereocenters. The van der Waals surface area contributed by atoms with Crippen molar-refractivity contribution in [2.75, 3.05) is 6.54 Å². The lowest BCUT2D eigenvalue weighted by molar-refractivity contribution is -0.119. The second-order valence-electron chi connectivity index (χ2n) is 8.16. The zero-order chi connectivity index (χ0) is 16.1. The zero-order valence-electron chi connectivity index (χ0n) is 15.0. The maximum Gasteiger partial charge on any atom is 0.216 e. The van der Waals surface area contributed by atoms with Gasteiger partial charge >= 0.3 is 0 Å². The van der Waals surface area contributed by atoms with E-state index in [2.05, 4.69) is 52.1 Å². The van der Waals surface area contributed by atoms with Crippen molar-refractivity contribution in [3.63, 3.8) is 0 Å². The number of nitrogens with one attached hydrogen (secondary N) is 1. The highest BCUT2D eigenvalue weighted by Crippen LogP contribution is 2.50. The second-order valence-corrected chi connectivity index (χ2v) is 8.16. The highest BCUT2D eigenvalue weighted by molar-refractivity contribution is 5.72. The van der Waals surface area contributed by atoms with Crippen LogP contribution in [0.25, 0.3) is 0 Å². The van der Waals surface area contributed by atoms with Gasteiger partial charge in [-0.15, -0.1) is 0 Å². The van der Waals surface area contributed by atoms with Crippen molar-refractivity contribution in [1.82, 2.24) is 5.32 Å². The molecule has 0 saturated carbocycles. The fraction of sp³-hybridized carbons (Fsp3) is 0.842. The standard InChI is InChI=1S/C19H35NO/c1-15-10-8-7-9-11-17(14-15)19(5,6)18(3,4)12-13-20-16(2)21/h7,9,15,17H,8,10-14H2,1-6H3,(H,20,21)/b9-7-. The molecule has 1 aliphatic carbocycles. The highest BCUT2D eigenvalue weighted by Gasteiger charge is 2.42. The van der Waals surface area contributed by atoms with E-state index in [9.17, 15) is 4.79 Å². The van der Waals surface area contributed by atoms with Crippen LogP contribution in [-0.2, 0) is 4.79 Å². The number of amides is 1. The first-order chi connectivity index (χ1) is 9.67. The minimum atomic E-state index is 0.0751. The summed E-state index contributed by atoms with van der Waals surface area (Å²) >= 11 is 0. The lowest BCUT2D eigenvalue weighted by atomic mass is 9.57. The Morgan fingerprint density at radius 3 is 2.52 bits per heavy atom. The van der Waals surface area contributed by atoms with Crippen LogP contribution in [0, 0.1) is 22.7 Å². The van der Waals surface area contributed by atoms with Gasteiger partial charge in [-0.1, -0.05) is 46.8 Å². The van der Waals surface area contributed by atoms with Gasteiger partial charge in [0.2, 0.25) is 5.91 Å². The summed E-state index contributed by atoms with van der Waals surface area (Å²) in [5.74, 6) is 1.60. The molecule has 0 radical (unpaired) electrons. The first kappa shape index (κ1) is 18.3. The number of carbonyl (C=O) groups is 1. The van der Waals surface area contributed by atoms with Gasteiger partial charge in [0.1, 0.15) is 0 Å². The van der Waals surface area contributed by atoms with Crippen LogP contribution < -0.4 is 5.32 Å². The molecule has 2 heteroatoms. The molecule has 1 N–H and O–H groups in total. The van der Waals surface area contributed by atoms with E-state index in [0.29, 0.717) is 0 Å². The molecule has 0 bridgehead atoms. The van der Waals surface area contributed by atoms with Crippen molar-refractivity contribution in [2.24, 2.45) is 22.7 Å². The quantitative estimate of drug-likeness (QED) is 0.714. The minimum Gasteiger partial charge on any atom is -0.356 e. The fourth-order valence-electron chi connectivity index (χ4n) is 3.47. The maximum atomic E-state index is 11.1. The second kappa shape index (κ2) is 7.47. The summed E-state index contributed by atoms with van der Waals surface area (Å²) < 4.78 is 0. The molecule has 2 atom stereocenters. The molecule has 0 aromatic carbocycles. The van der Waals surface area contributed by atoms with Gasteiger partial charge in [0.05, 0.1) is 0 Å². The van der Waals surface area contributed by atoms with E-state index in [0.717, 1.165) is 24.8 Å². The Kier molecular flexibility index (Phi) is 6.49. The molecule has 0 aromatic rings. The van der Waals surface area contributed by atoms with Crippen LogP contribution in [0.4, 0.5) is 0 Å². The SMILES string of the molecule is CC(=O)NCCC(C)(C)C(C)(C)C1C/C=C\CCC(C)C1. The van der Waals surface area contributed by atoms with Gasteiger partial charge in [0, 0.05) is 13.5 Å². The smallest absolute Gasteiger partial charge is 0.216 e. The van der Waals surface area contributed by atoms with Crippen LogP contribution in [0.1, 0.15) is 73.6 Å². The molecular formula is C19H35NO. The molecule has 1 rings (SSSR count). The molecule has 2 nitrogen and oxygen atoms in total. The van der Waals surface area contributed by atoms with E-state index in [4.69, 9.17) is 0 Å². The third-order valence-electron chi connectivity index (χ3n) is 5.99. The summed E-state index contributed by atoms with van der Waals surface area (Å²) in [4.78, 5) is 11.1. The Morgan fingerprint density at radius 2 is 1.90 bits per heavy atom. The Balaban J connectivity index is 2.76. The summed E-state index contributed by atoms with van der Waals surface area (Å²) in [7, 11) is 0. The van der Waals surface area contributed by atoms with E-state index >= 15 is 0 Å². The van der Waals surface area contributed by atoms with Crippen LogP contribution in [0.2, 0.25) is 0 Å². The minimum absolute atomic E-state index is 0.0751. The molecule has 0 aromatic heterocycles. The van der Waals surface area contributed by atoms with Crippen molar-refractivity contribution < 1.29 is 4.79 Å². The lowest BCUT2D eigenvalue weighted by Gasteiger charge is -2.48. The van der Waals surface area contributed by atoms with E-state index < -0.39 is 0 Å². The molecular weight excluding hydrogens is 258 g/mol. The monoisotopic (exact) mass is 293 g/mol. The molecule has 1 amide bonds. The lowest BCUT2D eigenvalue weighted by Crippen LogP contribution is -2.42. The molecule has 21 heavy (non-hydrogen) atoms. The first-order valence-corrected chi connectivity index (χ1v) is 8.56. The molecule has 0 saturated heterocycles. The average Bonchev–Trinajstić information content (AvgIpc) is 2.32. The van der Waals surface area contributed by atoms with Gasteiger partial charge in [-0.05, 0) is 54.8 Å². The largest absolute Gasteiger partial charge is 0.356 e. The van der Waals surface area contributed by atoms with Gasteiger partial charge in [-0.25, -0.2) is 0 Å². The summed E-state index contributed by atoms with van der Waals surface area (Å²) in [6, 6.07) is 0. The predicted octanol–water partition coefficient (Wildman–Crippen LogP) is 4.95. The number of rotatable bonds is 5. The van der Waals surface area contributed by atoms with E-state index in [-0.39, 0.29) is 16.7 Å². The topological polar surface area (TPSA) is 29.1 Å². The molecule has 1 aliphatic rings. The van der Waals surface area contributed by atoms with Crippen LogP contribution in [-0.4, -0.2) is 12.5 Å². The summed E-state index contributed by atoms with van der Waals surface area (Å²) in [6.07, 6.45) is 10.9. The van der Waals surface area contributed by atoms with Gasteiger partial charge in [-0.2, -0.15) is 0 Å². The summed E-state index contributed by atoms with van der Waals surface area (Å²) in [6.45, 7) is 14.3. The number of carbonyl (C=O) groups excluding carboxylic acids is 1. The predicted molar refractivity (Wildman–Crippen MR) is 91.1 cm³/mol. The van der Waals surface area contributed by atoms with Gasteiger partial charge in [0.25, 0.3) is 0 Å². The van der Waals surface area contributed by atoms with E-state index in [1.165, 1.54) is 25.7 Å². The number of allylic oxidation sites excluding steroid dienone is 2. The average molecular weight is 293 g/mol. The van der Waals surface area contributed by atoms with E-state index in [1.54, 1.807) is 6.92 Å². The van der Waals surface area contributed by atoms with Crippen molar-refractivity contribution in [2.45, 2.75) is 73.6 Å². The molecule has 122 valence electrons. The van der Waals surface area contributed by atoms with Crippen LogP contribution in [0.3, 0.4) is 0 Å². The maximum absolute atomic E-state index is 11.1. The molecule has 0 heterocycles. The van der Waals surface area contributed by atoms with Crippen LogP contribution >= 0.6 is 0 Å². The van der Waals surface area contributed by atoms with Crippen molar-refractivity contribution >= 4 is 5.91 Å². The Morgan fingerprint density at radius 1 is 1.24 bits per heavy atom. The van der Waals surface area contributed by atoms with Crippen molar-refractivity contribution in [3.8, 4) is 0 Å². The van der Waals surface area contributed by atoms with Gasteiger partial charge in [0.15, 0.2) is 0 Å². The first-order valence-electron chi connectivity index (χ1n) is 8.56. The molecule has 0 fully saturated rings. The number of hydrogen-bond donors (Lipinski definition) is 1. The highest BCUT2D eigenvalue weighted by atomic mass is 16.1. The Labute approximate surface area is 131 Å². The molecule has 0 spiro atoms. The van der Waals surface area contributed by atoms with Crippen molar-refractivity contribution in [3.05, 3.63) is 12.2 Å². The zero-order valence-corrected chi connectivity index (χ0v) is 15.0.